The fourth-order valence-corrected chi connectivity index (χ4v) is 2.89. The van der Waals surface area contributed by atoms with Gasteiger partial charge in [-0.2, -0.15) is 0 Å². The number of halogens is 1. The van der Waals surface area contributed by atoms with Crippen LogP contribution in [-0.4, -0.2) is 23.1 Å². The SMILES string of the molecule is Cc1[nH]c(CC2CCNCC2)nc1-c1ccccc1F. The molecule has 3 rings (SSSR count). The summed E-state index contributed by atoms with van der Waals surface area (Å²) in [6.45, 7) is 4.13. The normalized spacial score (nSPS) is 16.5. The van der Waals surface area contributed by atoms with Crippen molar-refractivity contribution in [2.75, 3.05) is 13.1 Å². The summed E-state index contributed by atoms with van der Waals surface area (Å²) in [6, 6.07) is 6.82. The van der Waals surface area contributed by atoms with Crippen LogP contribution in [0.25, 0.3) is 11.3 Å². The number of hydrogen-bond acceptors (Lipinski definition) is 2. The van der Waals surface area contributed by atoms with Gasteiger partial charge >= 0.3 is 0 Å². The van der Waals surface area contributed by atoms with Crippen molar-refractivity contribution in [3.8, 4) is 11.3 Å². The third-order valence-corrected chi connectivity index (χ3v) is 4.00. The minimum atomic E-state index is -0.212. The van der Waals surface area contributed by atoms with Crippen LogP contribution in [0, 0.1) is 18.7 Å². The van der Waals surface area contributed by atoms with E-state index in [0.717, 1.165) is 36.7 Å². The molecule has 20 heavy (non-hydrogen) atoms. The fraction of sp³-hybridized carbons (Fsp3) is 0.438. The number of nitrogens with one attached hydrogen (secondary N) is 2. The molecule has 1 aliphatic heterocycles. The zero-order chi connectivity index (χ0) is 13.9. The predicted octanol–water partition coefficient (Wildman–Crippen LogP) is 3.07. The lowest BCUT2D eigenvalue weighted by molar-refractivity contribution is 0.368. The van der Waals surface area contributed by atoms with E-state index in [1.165, 1.54) is 18.9 Å². The van der Waals surface area contributed by atoms with E-state index in [1.807, 2.05) is 13.0 Å². The van der Waals surface area contributed by atoms with Gasteiger partial charge < -0.3 is 10.3 Å². The first-order valence-electron chi connectivity index (χ1n) is 7.25. The lowest BCUT2D eigenvalue weighted by Crippen LogP contribution is -2.28. The molecular weight excluding hydrogens is 253 g/mol. The standard InChI is InChI=1S/C16H20FN3/c1-11-16(13-4-2-3-5-14(13)17)20-15(19-11)10-12-6-8-18-9-7-12/h2-5,12,18H,6-10H2,1H3,(H,19,20). The van der Waals surface area contributed by atoms with E-state index in [-0.39, 0.29) is 5.82 Å². The Kier molecular flexibility index (Phi) is 3.83. The number of H-pyrrole nitrogens is 1. The molecular formula is C16H20FN3. The second-order valence-corrected chi connectivity index (χ2v) is 5.53. The molecule has 0 bridgehead atoms. The van der Waals surface area contributed by atoms with Crippen LogP contribution >= 0.6 is 0 Å². The highest BCUT2D eigenvalue weighted by atomic mass is 19.1. The molecule has 1 fully saturated rings. The van der Waals surface area contributed by atoms with Crippen LogP contribution in [-0.2, 0) is 6.42 Å². The summed E-state index contributed by atoms with van der Waals surface area (Å²) < 4.78 is 13.9. The van der Waals surface area contributed by atoms with Gasteiger partial charge in [-0.15, -0.1) is 0 Å². The van der Waals surface area contributed by atoms with Crippen molar-refractivity contribution >= 4 is 0 Å². The van der Waals surface area contributed by atoms with Crippen LogP contribution < -0.4 is 5.32 Å². The minimum Gasteiger partial charge on any atom is -0.346 e. The molecule has 0 atom stereocenters. The molecule has 4 heteroatoms. The maximum atomic E-state index is 13.9. The van der Waals surface area contributed by atoms with Gasteiger partial charge in [0.25, 0.3) is 0 Å². The van der Waals surface area contributed by atoms with Gasteiger partial charge in [0, 0.05) is 17.7 Å². The number of rotatable bonds is 3. The zero-order valence-corrected chi connectivity index (χ0v) is 11.7. The van der Waals surface area contributed by atoms with Gasteiger partial charge in [-0.25, -0.2) is 9.37 Å². The first kappa shape index (κ1) is 13.3. The van der Waals surface area contributed by atoms with Gasteiger partial charge in [-0.1, -0.05) is 12.1 Å². The van der Waals surface area contributed by atoms with Crippen molar-refractivity contribution in [1.82, 2.24) is 15.3 Å². The van der Waals surface area contributed by atoms with E-state index in [2.05, 4.69) is 15.3 Å². The average molecular weight is 273 g/mol. The number of aryl methyl sites for hydroxylation is 1. The van der Waals surface area contributed by atoms with E-state index >= 15 is 0 Å². The Labute approximate surface area is 118 Å². The van der Waals surface area contributed by atoms with Crippen molar-refractivity contribution in [3.63, 3.8) is 0 Å². The number of hydrogen-bond donors (Lipinski definition) is 2. The fourth-order valence-electron chi connectivity index (χ4n) is 2.89. The van der Waals surface area contributed by atoms with Crippen molar-refractivity contribution in [2.24, 2.45) is 5.92 Å². The Bertz CT molecular complexity index is 585. The molecule has 0 aliphatic carbocycles. The highest BCUT2D eigenvalue weighted by molar-refractivity contribution is 5.62. The molecule has 2 aromatic rings. The zero-order valence-electron chi connectivity index (χ0n) is 11.7. The maximum absolute atomic E-state index is 13.9. The molecule has 0 unspecified atom stereocenters. The molecule has 1 aliphatic rings. The highest BCUT2D eigenvalue weighted by Crippen LogP contribution is 2.25. The van der Waals surface area contributed by atoms with E-state index in [9.17, 15) is 4.39 Å². The van der Waals surface area contributed by atoms with Crippen LogP contribution in [0.5, 0.6) is 0 Å². The lowest BCUT2D eigenvalue weighted by atomic mass is 9.94. The largest absolute Gasteiger partial charge is 0.346 e. The Morgan fingerprint density at radius 3 is 2.75 bits per heavy atom. The van der Waals surface area contributed by atoms with E-state index in [4.69, 9.17) is 0 Å². The van der Waals surface area contributed by atoms with E-state index in [1.54, 1.807) is 12.1 Å². The molecule has 106 valence electrons. The maximum Gasteiger partial charge on any atom is 0.132 e. The molecule has 1 aromatic heterocycles. The molecule has 0 radical (unpaired) electrons. The summed E-state index contributed by atoms with van der Waals surface area (Å²) in [5, 5.41) is 3.37. The number of imidazole rings is 1. The van der Waals surface area contributed by atoms with Crippen molar-refractivity contribution in [2.45, 2.75) is 26.2 Å². The topological polar surface area (TPSA) is 40.7 Å². The lowest BCUT2D eigenvalue weighted by Gasteiger charge is -2.21. The first-order chi connectivity index (χ1) is 9.74. The molecule has 0 spiro atoms. The first-order valence-corrected chi connectivity index (χ1v) is 7.25. The molecule has 0 amide bonds. The Morgan fingerprint density at radius 2 is 2.00 bits per heavy atom. The molecule has 2 N–H and O–H groups in total. The summed E-state index contributed by atoms with van der Waals surface area (Å²) in [5.74, 6) is 1.44. The predicted molar refractivity (Wildman–Crippen MR) is 78.0 cm³/mol. The van der Waals surface area contributed by atoms with E-state index in [0.29, 0.717) is 11.5 Å². The summed E-state index contributed by atoms with van der Waals surface area (Å²) in [5.41, 5.74) is 2.27. The summed E-state index contributed by atoms with van der Waals surface area (Å²) in [4.78, 5) is 7.94. The van der Waals surface area contributed by atoms with Gasteiger partial charge in [0.05, 0.1) is 5.69 Å². The van der Waals surface area contributed by atoms with Crippen molar-refractivity contribution in [3.05, 3.63) is 41.6 Å². The number of aromatic nitrogens is 2. The second-order valence-electron chi connectivity index (χ2n) is 5.53. The highest BCUT2D eigenvalue weighted by Gasteiger charge is 2.17. The van der Waals surface area contributed by atoms with Gasteiger partial charge in [0.1, 0.15) is 11.6 Å². The molecule has 0 saturated carbocycles. The van der Waals surface area contributed by atoms with Crippen LogP contribution in [0.4, 0.5) is 4.39 Å². The Hall–Kier alpha value is -1.68. The monoisotopic (exact) mass is 273 g/mol. The average Bonchev–Trinajstić information content (AvgIpc) is 2.81. The Morgan fingerprint density at radius 1 is 1.25 bits per heavy atom. The third-order valence-electron chi connectivity index (χ3n) is 4.00. The minimum absolute atomic E-state index is 0.212. The molecule has 3 nitrogen and oxygen atoms in total. The smallest absolute Gasteiger partial charge is 0.132 e. The number of nitrogens with zero attached hydrogens (tertiary/aromatic N) is 1. The quantitative estimate of drug-likeness (QED) is 0.902. The van der Waals surface area contributed by atoms with Crippen LogP contribution in [0.2, 0.25) is 0 Å². The summed E-state index contributed by atoms with van der Waals surface area (Å²) in [6.07, 6.45) is 3.33. The molecule has 1 saturated heterocycles. The van der Waals surface area contributed by atoms with E-state index < -0.39 is 0 Å². The molecule has 2 heterocycles. The van der Waals surface area contributed by atoms with Gasteiger partial charge in [0.2, 0.25) is 0 Å². The van der Waals surface area contributed by atoms with Gasteiger partial charge in [0.15, 0.2) is 0 Å². The summed E-state index contributed by atoms with van der Waals surface area (Å²) in [7, 11) is 0. The third kappa shape index (κ3) is 2.75. The second kappa shape index (κ2) is 5.75. The van der Waals surface area contributed by atoms with Gasteiger partial charge in [-0.3, -0.25) is 0 Å². The van der Waals surface area contributed by atoms with Crippen LogP contribution in [0.1, 0.15) is 24.4 Å². The van der Waals surface area contributed by atoms with Crippen LogP contribution in [0.15, 0.2) is 24.3 Å². The molecule has 1 aromatic carbocycles. The number of aromatic amines is 1. The van der Waals surface area contributed by atoms with Crippen molar-refractivity contribution < 1.29 is 4.39 Å². The number of benzene rings is 1. The van der Waals surface area contributed by atoms with Gasteiger partial charge in [-0.05, 0) is 50.9 Å². The van der Waals surface area contributed by atoms with Crippen molar-refractivity contribution in [1.29, 1.82) is 0 Å². The number of piperidine rings is 1. The summed E-state index contributed by atoms with van der Waals surface area (Å²) >= 11 is 0. The Balaban J connectivity index is 1.82. The van der Waals surface area contributed by atoms with Crippen LogP contribution in [0.3, 0.4) is 0 Å².